The van der Waals surface area contributed by atoms with Gasteiger partial charge in [0, 0.05) is 17.5 Å². The molecule has 0 aromatic heterocycles. The Hall–Kier alpha value is -3.71. The predicted molar refractivity (Wildman–Crippen MR) is 117 cm³/mol. The second-order valence-corrected chi connectivity index (χ2v) is 8.68. The summed E-state index contributed by atoms with van der Waals surface area (Å²) >= 11 is 0. The number of ether oxygens (including phenoxy) is 1. The van der Waals surface area contributed by atoms with E-state index in [0.717, 1.165) is 0 Å². The van der Waals surface area contributed by atoms with Crippen LogP contribution >= 0.6 is 0 Å². The summed E-state index contributed by atoms with van der Waals surface area (Å²) in [5, 5.41) is 0. The van der Waals surface area contributed by atoms with Crippen molar-refractivity contribution in [2.75, 3.05) is 11.5 Å². The summed E-state index contributed by atoms with van der Waals surface area (Å²) in [5.41, 5.74) is 1.70. The number of anilines is 2. The molecule has 4 rings (SSSR count). The lowest BCUT2D eigenvalue weighted by molar-refractivity contribution is 0.0526. The molecule has 6 nitrogen and oxygen atoms in total. The molecule has 0 fully saturated rings. The zero-order chi connectivity index (χ0) is 22.0. The number of esters is 1. The largest absolute Gasteiger partial charge is 0.462 e. The highest BCUT2D eigenvalue weighted by molar-refractivity contribution is 7.96. The van der Waals surface area contributed by atoms with Crippen molar-refractivity contribution >= 4 is 33.0 Å². The van der Waals surface area contributed by atoms with Gasteiger partial charge in [-0.25, -0.2) is 13.2 Å². The number of ketones is 1. The summed E-state index contributed by atoms with van der Waals surface area (Å²) in [4.78, 5) is 26.4. The molecule has 31 heavy (non-hydrogen) atoms. The smallest absolute Gasteiger partial charge is 0.338 e. The van der Waals surface area contributed by atoms with E-state index in [9.17, 15) is 18.0 Å². The van der Waals surface area contributed by atoms with Gasteiger partial charge in [0.05, 0.1) is 22.8 Å². The lowest BCUT2D eigenvalue weighted by Crippen LogP contribution is -2.25. The van der Waals surface area contributed by atoms with Crippen LogP contribution in [0, 0.1) is 0 Å². The van der Waals surface area contributed by atoms with E-state index < -0.39 is 21.6 Å². The number of sulfone groups is 1. The number of fused-ring (bicyclic) bond motifs is 1. The second kappa shape index (κ2) is 8.20. The number of nitrogens with zero attached hydrogens (tertiary/aromatic N) is 1. The summed E-state index contributed by atoms with van der Waals surface area (Å²) in [6, 6.07) is 21.4. The van der Waals surface area contributed by atoms with Crippen LogP contribution in [0.3, 0.4) is 0 Å². The van der Waals surface area contributed by atoms with Crippen LogP contribution < -0.4 is 4.90 Å². The Labute approximate surface area is 180 Å². The third kappa shape index (κ3) is 3.75. The molecule has 1 aliphatic rings. The zero-order valence-electron chi connectivity index (χ0n) is 16.7. The number of carbonyl (C=O) groups is 2. The first-order valence-electron chi connectivity index (χ1n) is 9.65. The van der Waals surface area contributed by atoms with E-state index in [2.05, 4.69) is 0 Å². The highest BCUT2D eigenvalue weighted by Gasteiger charge is 2.36. The van der Waals surface area contributed by atoms with Crippen LogP contribution in [-0.4, -0.2) is 26.8 Å². The van der Waals surface area contributed by atoms with E-state index >= 15 is 0 Å². The maximum Gasteiger partial charge on any atom is 0.338 e. The maximum atomic E-state index is 13.2. The van der Waals surface area contributed by atoms with Crippen LogP contribution in [0.5, 0.6) is 0 Å². The van der Waals surface area contributed by atoms with Gasteiger partial charge in [-0.15, -0.1) is 0 Å². The summed E-state index contributed by atoms with van der Waals surface area (Å²) < 4.78 is 31.5. The fraction of sp³-hybridized carbons (Fsp3) is 0.0833. The average Bonchev–Trinajstić information content (AvgIpc) is 2.80. The Morgan fingerprint density at radius 2 is 1.48 bits per heavy atom. The molecule has 7 heteroatoms. The molecule has 0 radical (unpaired) electrons. The van der Waals surface area contributed by atoms with Crippen LogP contribution in [0.25, 0.3) is 0 Å². The predicted octanol–water partition coefficient (Wildman–Crippen LogP) is 4.51. The molecule has 3 aromatic carbocycles. The second-order valence-electron chi connectivity index (χ2n) is 6.80. The highest BCUT2D eigenvalue weighted by atomic mass is 32.2. The number of hydrogen-bond acceptors (Lipinski definition) is 6. The van der Waals surface area contributed by atoms with Gasteiger partial charge in [-0.05, 0) is 43.3 Å². The van der Waals surface area contributed by atoms with Crippen molar-refractivity contribution in [2.45, 2.75) is 11.8 Å². The number of Topliss-reactive ketones (excluding diaryl/α,β-unsaturated/α-hetero) is 1. The number of carbonyl (C=O) groups excluding carboxylic acids is 2. The van der Waals surface area contributed by atoms with Crippen LogP contribution in [0.4, 0.5) is 11.4 Å². The standard InChI is InChI=1S/C24H19NO5S/c1-2-30-24(27)18-12-14-19(15-13-18)25-16-22(23(26)17-8-4-3-5-9-17)31(28,29)21-11-7-6-10-20(21)25/h3-16H,2H2,1H3. The summed E-state index contributed by atoms with van der Waals surface area (Å²) in [5.74, 6) is -1.02. The molecule has 0 unspecified atom stereocenters. The molecule has 1 aliphatic heterocycles. The van der Waals surface area contributed by atoms with Crippen molar-refractivity contribution < 1.29 is 22.7 Å². The van der Waals surface area contributed by atoms with Gasteiger partial charge < -0.3 is 9.64 Å². The van der Waals surface area contributed by atoms with Crippen molar-refractivity contribution in [3.63, 3.8) is 0 Å². The summed E-state index contributed by atoms with van der Waals surface area (Å²) in [7, 11) is -4.00. The molecule has 0 atom stereocenters. The molecule has 156 valence electrons. The van der Waals surface area contributed by atoms with E-state index in [4.69, 9.17) is 4.74 Å². The summed E-state index contributed by atoms with van der Waals surface area (Å²) in [6.07, 6.45) is 1.34. The van der Waals surface area contributed by atoms with E-state index in [1.807, 2.05) is 0 Å². The molecule has 0 saturated heterocycles. The molecule has 0 amide bonds. The third-order valence-corrected chi connectivity index (χ3v) is 6.66. The number of benzene rings is 3. The normalized spacial score (nSPS) is 14.4. The Morgan fingerprint density at radius 3 is 2.16 bits per heavy atom. The Kier molecular flexibility index (Phi) is 5.44. The van der Waals surface area contributed by atoms with E-state index in [0.29, 0.717) is 16.9 Å². The maximum absolute atomic E-state index is 13.2. The van der Waals surface area contributed by atoms with E-state index in [-0.39, 0.29) is 22.0 Å². The third-order valence-electron chi connectivity index (χ3n) is 4.87. The first kappa shape index (κ1) is 20.6. The van der Waals surface area contributed by atoms with Gasteiger partial charge in [0.1, 0.15) is 4.91 Å². The number of para-hydroxylation sites is 1. The molecular formula is C24H19NO5S. The molecule has 0 N–H and O–H groups in total. The SMILES string of the molecule is CCOC(=O)c1ccc(N2C=C(C(=O)c3ccccc3)S(=O)(=O)c3ccccc32)cc1. The van der Waals surface area contributed by atoms with Gasteiger partial charge >= 0.3 is 5.97 Å². The number of rotatable bonds is 5. The fourth-order valence-corrected chi connectivity index (χ4v) is 4.90. The topological polar surface area (TPSA) is 80.8 Å². The molecule has 3 aromatic rings. The minimum absolute atomic E-state index is 0.0475. The minimum Gasteiger partial charge on any atom is -0.462 e. The minimum atomic E-state index is -4.00. The van der Waals surface area contributed by atoms with Crippen molar-refractivity contribution in [1.29, 1.82) is 0 Å². The van der Waals surface area contributed by atoms with Gasteiger partial charge in [-0.3, -0.25) is 4.79 Å². The lowest BCUT2D eigenvalue weighted by atomic mass is 10.1. The van der Waals surface area contributed by atoms with Gasteiger partial charge in [-0.1, -0.05) is 42.5 Å². The Morgan fingerprint density at radius 1 is 0.839 bits per heavy atom. The van der Waals surface area contributed by atoms with Crippen molar-refractivity contribution in [2.24, 2.45) is 0 Å². The number of allylic oxidation sites excluding steroid dienone is 1. The zero-order valence-corrected chi connectivity index (χ0v) is 17.5. The lowest BCUT2D eigenvalue weighted by Gasteiger charge is -2.29. The van der Waals surface area contributed by atoms with Crippen molar-refractivity contribution in [3.05, 3.63) is 101 Å². The van der Waals surface area contributed by atoms with Gasteiger partial charge in [0.2, 0.25) is 15.6 Å². The summed E-state index contributed by atoms with van der Waals surface area (Å²) in [6.45, 7) is 2.00. The molecule has 1 heterocycles. The fourth-order valence-electron chi connectivity index (χ4n) is 3.36. The van der Waals surface area contributed by atoms with E-state index in [1.165, 1.54) is 12.3 Å². The average molecular weight is 433 g/mol. The molecule has 0 bridgehead atoms. The van der Waals surface area contributed by atoms with Crippen molar-refractivity contribution in [1.82, 2.24) is 0 Å². The quantitative estimate of drug-likeness (QED) is 0.435. The van der Waals surface area contributed by atoms with E-state index in [1.54, 1.807) is 84.6 Å². The van der Waals surface area contributed by atoms with Crippen LogP contribution in [0.15, 0.2) is 94.9 Å². The molecule has 0 spiro atoms. The first-order valence-corrected chi connectivity index (χ1v) is 11.1. The number of hydrogen-bond donors (Lipinski definition) is 0. The van der Waals surface area contributed by atoms with Gasteiger partial charge in [-0.2, -0.15) is 0 Å². The van der Waals surface area contributed by atoms with Crippen LogP contribution in [-0.2, 0) is 14.6 Å². The van der Waals surface area contributed by atoms with Crippen molar-refractivity contribution in [3.8, 4) is 0 Å². The monoisotopic (exact) mass is 433 g/mol. The van der Waals surface area contributed by atoms with Crippen LogP contribution in [0.1, 0.15) is 27.6 Å². The first-order chi connectivity index (χ1) is 14.9. The van der Waals surface area contributed by atoms with Gasteiger partial charge in [0.15, 0.2) is 0 Å². The Balaban J connectivity index is 1.83. The highest BCUT2D eigenvalue weighted by Crippen LogP contribution is 2.40. The Bertz CT molecular complexity index is 1280. The van der Waals surface area contributed by atoms with Crippen LogP contribution in [0.2, 0.25) is 0 Å². The molecule has 0 saturated carbocycles. The molecule has 0 aliphatic carbocycles. The van der Waals surface area contributed by atoms with Gasteiger partial charge in [0.25, 0.3) is 0 Å². The molecular weight excluding hydrogens is 414 g/mol.